The summed E-state index contributed by atoms with van der Waals surface area (Å²) in [4.78, 5) is 0. The molecule has 0 aromatic heterocycles. The SMILES string of the molecule is C=C/C=C(\C=C)c1ccc(-c2ccc(Nc3ccc(-c4ccc(-c5ccccc5)cc4)cc3)cc2)cc1. The van der Waals surface area contributed by atoms with E-state index in [1.165, 1.54) is 33.4 Å². The van der Waals surface area contributed by atoms with Crippen LogP contribution in [-0.4, -0.2) is 0 Å². The maximum Gasteiger partial charge on any atom is 0.0384 e. The average Bonchev–Trinajstić information content (AvgIpc) is 2.97. The van der Waals surface area contributed by atoms with Crippen molar-refractivity contribution in [2.45, 2.75) is 0 Å². The van der Waals surface area contributed by atoms with Gasteiger partial charge in [-0.15, -0.1) is 0 Å². The van der Waals surface area contributed by atoms with Crippen molar-refractivity contribution in [2.75, 3.05) is 5.32 Å². The van der Waals surface area contributed by atoms with Crippen LogP contribution in [0, 0.1) is 0 Å². The number of allylic oxidation sites excluding steroid dienone is 4. The first-order valence-electron chi connectivity index (χ1n) is 12.4. The van der Waals surface area contributed by atoms with Gasteiger partial charge in [-0.2, -0.15) is 0 Å². The molecule has 0 saturated carbocycles. The van der Waals surface area contributed by atoms with Gasteiger partial charge in [-0.1, -0.05) is 135 Å². The van der Waals surface area contributed by atoms with Crippen molar-refractivity contribution >= 4 is 16.9 Å². The molecule has 0 fully saturated rings. The highest BCUT2D eigenvalue weighted by molar-refractivity contribution is 5.77. The van der Waals surface area contributed by atoms with Gasteiger partial charge < -0.3 is 5.32 Å². The Morgan fingerprint density at radius 2 is 0.838 bits per heavy atom. The highest BCUT2D eigenvalue weighted by Gasteiger charge is 2.03. The van der Waals surface area contributed by atoms with E-state index >= 15 is 0 Å². The molecule has 5 rings (SSSR count). The number of benzene rings is 5. The van der Waals surface area contributed by atoms with Crippen molar-refractivity contribution in [3.05, 3.63) is 164 Å². The molecule has 0 atom stereocenters. The third-order valence-electron chi connectivity index (χ3n) is 6.45. The summed E-state index contributed by atoms with van der Waals surface area (Å²) >= 11 is 0. The molecule has 178 valence electrons. The average molecular weight is 476 g/mol. The van der Waals surface area contributed by atoms with E-state index in [0.29, 0.717) is 0 Å². The molecule has 0 aliphatic heterocycles. The molecule has 1 N–H and O–H groups in total. The fourth-order valence-electron chi connectivity index (χ4n) is 4.41. The lowest BCUT2D eigenvalue weighted by molar-refractivity contribution is 1.53. The minimum absolute atomic E-state index is 1.06. The van der Waals surface area contributed by atoms with Gasteiger partial charge in [0.2, 0.25) is 0 Å². The minimum atomic E-state index is 1.06. The lowest BCUT2D eigenvalue weighted by Gasteiger charge is -2.10. The molecular formula is C36H29N. The summed E-state index contributed by atoms with van der Waals surface area (Å²) in [6.45, 7) is 7.67. The second-order valence-electron chi connectivity index (χ2n) is 8.86. The molecule has 0 aliphatic rings. The molecular weight excluding hydrogens is 446 g/mol. The van der Waals surface area contributed by atoms with Gasteiger partial charge in [0, 0.05) is 11.4 Å². The van der Waals surface area contributed by atoms with Gasteiger partial charge in [0.05, 0.1) is 0 Å². The molecule has 0 radical (unpaired) electrons. The predicted molar refractivity (Wildman–Crippen MR) is 161 cm³/mol. The summed E-state index contributed by atoms with van der Waals surface area (Å²) in [5.41, 5.74) is 11.6. The van der Waals surface area contributed by atoms with Crippen LogP contribution in [0.1, 0.15) is 5.56 Å². The van der Waals surface area contributed by atoms with Crippen LogP contribution >= 0.6 is 0 Å². The molecule has 5 aromatic rings. The summed E-state index contributed by atoms with van der Waals surface area (Å²) in [7, 11) is 0. The third-order valence-corrected chi connectivity index (χ3v) is 6.45. The normalized spacial score (nSPS) is 11.1. The van der Waals surface area contributed by atoms with Crippen molar-refractivity contribution in [3.63, 3.8) is 0 Å². The molecule has 0 spiro atoms. The van der Waals surface area contributed by atoms with Crippen molar-refractivity contribution in [2.24, 2.45) is 0 Å². The van der Waals surface area contributed by atoms with Crippen LogP contribution in [0.2, 0.25) is 0 Å². The number of hydrogen-bond acceptors (Lipinski definition) is 1. The Labute approximate surface area is 219 Å². The van der Waals surface area contributed by atoms with Crippen LogP contribution in [0.4, 0.5) is 11.4 Å². The van der Waals surface area contributed by atoms with Gasteiger partial charge >= 0.3 is 0 Å². The lowest BCUT2D eigenvalue weighted by Crippen LogP contribution is -1.90. The Balaban J connectivity index is 1.24. The van der Waals surface area contributed by atoms with Crippen molar-refractivity contribution in [1.82, 2.24) is 0 Å². The van der Waals surface area contributed by atoms with Gasteiger partial charge in [-0.3, -0.25) is 0 Å². The zero-order valence-corrected chi connectivity index (χ0v) is 20.8. The third kappa shape index (κ3) is 5.69. The first kappa shape index (κ1) is 23.8. The smallest absolute Gasteiger partial charge is 0.0384 e. The van der Waals surface area contributed by atoms with Gasteiger partial charge in [0.1, 0.15) is 0 Å². The van der Waals surface area contributed by atoms with E-state index in [1.54, 1.807) is 6.08 Å². The Morgan fingerprint density at radius 3 is 1.24 bits per heavy atom. The number of anilines is 2. The minimum Gasteiger partial charge on any atom is -0.356 e. The quantitative estimate of drug-likeness (QED) is 0.220. The van der Waals surface area contributed by atoms with E-state index in [2.05, 4.69) is 140 Å². The fraction of sp³-hybridized carbons (Fsp3) is 0. The maximum absolute atomic E-state index is 3.89. The zero-order chi connectivity index (χ0) is 25.5. The summed E-state index contributed by atoms with van der Waals surface area (Å²) in [6.07, 6.45) is 5.61. The molecule has 1 heteroatoms. The second kappa shape index (κ2) is 11.2. The van der Waals surface area contributed by atoms with Gasteiger partial charge in [0.15, 0.2) is 0 Å². The Kier molecular flexibility index (Phi) is 7.24. The van der Waals surface area contributed by atoms with Gasteiger partial charge in [0.25, 0.3) is 0 Å². The molecule has 0 unspecified atom stereocenters. The molecule has 0 saturated heterocycles. The highest BCUT2D eigenvalue weighted by Crippen LogP contribution is 2.28. The largest absolute Gasteiger partial charge is 0.356 e. The summed E-state index contributed by atoms with van der Waals surface area (Å²) in [5, 5.41) is 3.51. The van der Waals surface area contributed by atoms with Crippen LogP contribution in [0.25, 0.3) is 39.0 Å². The van der Waals surface area contributed by atoms with Crippen LogP contribution in [0.15, 0.2) is 159 Å². The van der Waals surface area contributed by atoms with Crippen LogP contribution in [0.3, 0.4) is 0 Å². The second-order valence-corrected chi connectivity index (χ2v) is 8.86. The van der Waals surface area contributed by atoms with Gasteiger partial charge in [-0.25, -0.2) is 0 Å². The summed E-state index contributed by atoms with van der Waals surface area (Å²) in [5.74, 6) is 0. The van der Waals surface area contributed by atoms with E-state index in [-0.39, 0.29) is 0 Å². The summed E-state index contributed by atoms with van der Waals surface area (Å²) < 4.78 is 0. The zero-order valence-electron chi connectivity index (χ0n) is 20.8. The molecule has 1 nitrogen and oxygen atoms in total. The summed E-state index contributed by atoms with van der Waals surface area (Å²) in [6, 6.07) is 44.8. The van der Waals surface area contributed by atoms with E-state index in [1.807, 2.05) is 18.2 Å². The molecule has 0 bridgehead atoms. The molecule has 5 aromatic carbocycles. The van der Waals surface area contributed by atoms with E-state index < -0.39 is 0 Å². The van der Waals surface area contributed by atoms with Gasteiger partial charge in [-0.05, 0) is 68.8 Å². The molecule has 37 heavy (non-hydrogen) atoms. The van der Waals surface area contributed by atoms with E-state index in [4.69, 9.17) is 0 Å². The number of hydrogen-bond donors (Lipinski definition) is 1. The van der Waals surface area contributed by atoms with Crippen LogP contribution < -0.4 is 5.32 Å². The van der Waals surface area contributed by atoms with Crippen LogP contribution in [0.5, 0.6) is 0 Å². The molecule has 0 amide bonds. The standard InChI is InChI=1S/C36H29N/c1-3-8-27(4-2)29-11-13-31(14-12-29)33-19-23-35(24-20-33)37-36-25-21-34(22-26-36)32-17-15-30(16-18-32)28-9-6-5-7-10-28/h3-26,37H,1-2H2/b27-8+. The Bertz CT molecular complexity index is 1500. The molecule has 0 heterocycles. The monoisotopic (exact) mass is 475 g/mol. The Hall–Kier alpha value is -4.88. The highest BCUT2D eigenvalue weighted by atomic mass is 14.9. The first-order chi connectivity index (χ1) is 18.2. The topological polar surface area (TPSA) is 12.0 Å². The fourth-order valence-corrected chi connectivity index (χ4v) is 4.41. The Morgan fingerprint density at radius 1 is 0.459 bits per heavy atom. The number of rotatable bonds is 8. The van der Waals surface area contributed by atoms with Crippen molar-refractivity contribution in [3.8, 4) is 33.4 Å². The van der Waals surface area contributed by atoms with E-state index in [9.17, 15) is 0 Å². The van der Waals surface area contributed by atoms with E-state index in [0.717, 1.165) is 22.5 Å². The lowest BCUT2D eigenvalue weighted by atomic mass is 10.00. The molecule has 0 aliphatic carbocycles. The van der Waals surface area contributed by atoms with Crippen molar-refractivity contribution < 1.29 is 0 Å². The maximum atomic E-state index is 3.89. The van der Waals surface area contributed by atoms with Crippen molar-refractivity contribution in [1.29, 1.82) is 0 Å². The first-order valence-corrected chi connectivity index (χ1v) is 12.4. The van der Waals surface area contributed by atoms with Crippen LogP contribution in [-0.2, 0) is 0 Å². The number of nitrogens with one attached hydrogen (secondary N) is 1. The predicted octanol–water partition coefficient (Wildman–Crippen LogP) is 10.2.